The number of nitrogens with zero attached hydrogens (tertiary/aromatic N) is 1. The third kappa shape index (κ3) is 4.74. The molecule has 1 aromatic carbocycles. The number of benzene rings is 1. The van der Waals surface area contributed by atoms with Crippen molar-refractivity contribution in [2.75, 3.05) is 20.1 Å². The van der Waals surface area contributed by atoms with Crippen LogP contribution < -0.4 is 10.1 Å². The summed E-state index contributed by atoms with van der Waals surface area (Å²) in [7, 11) is 1.89. The van der Waals surface area contributed by atoms with Crippen molar-refractivity contribution in [2.24, 2.45) is 5.92 Å². The molecule has 21 heavy (non-hydrogen) atoms. The maximum absolute atomic E-state index is 12.4. The summed E-state index contributed by atoms with van der Waals surface area (Å²) in [5, 5.41) is 3.30. The molecule has 4 heteroatoms. The first-order valence-corrected chi connectivity index (χ1v) is 7.77. The molecule has 4 nitrogen and oxygen atoms in total. The lowest BCUT2D eigenvalue weighted by Gasteiger charge is -2.27. The second kappa shape index (κ2) is 7.46. The molecule has 116 valence electrons. The predicted molar refractivity (Wildman–Crippen MR) is 84.3 cm³/mol. The first-order chi connectivity index (χ1) is 10.1. The van der Waals surface area contributed by atoms with Crippen LogP contribution in [0.25, 0.3) is 0 Å². The van der Waals surface area contributed by atoms with Gasteiger partial charge < -0.3 is 15.0 Å². The van der Waals surface area contributed by atoms with Crippen LogP contribution in [0.3, 0.4) is 0 Å². The Balaban J connectivity index is 1.95. The second-order valence-corrected chi connectivity index (χ2v) is 6.03. The first-order valence-electron chi connectivity index (χ1n) is 7.77. The van der Waals surface area contributed by atoms with E-state index in [0.29, 0.717) is 6.54 Å². The van der Waals surface area contributed by atoms with Gasteiger partial charge >= 0.3 is 0 Å². The molecule has 1 fully saturated rings. The van der Waals surface area contributed by atoms with E-state index in [9.17, 15) is 4.79 Å². The summed E-state index contributed by atoms with van der Waals surface area (Å²) in [6, 6.07) is 8.00. The Morgan fingerprint density at radius 1 is 1.38 bits per heavy atom. The number of rotatable bonds is 5. The van der Waals surface area contributed by atoms with Crippen LogP contribution in [0.4, 0.5) is 0 Å². The topological polar surface area (TPSA) is 41.6 Å². The Bertz CT molecular complexity index is 468. The smallest absolute Gasteiger partial charge is 0.225 e. The Hall–Kier alpha value is -1.55. The van der Waals surface area contributed by atoms with Gasteiger partial charge in [0.1, 0.15) is 5.75 Å². The molecule has 0 saturated carbocycles. The molecule has 1 aliphatic rings. The van der Waals surface area contributed by atoms with E-state index in [2.05, 4.69) is 5.32 Å². The highest BCUT2D eigenvalue weighted by Gasteiger charge is 2.23. The molecule has 1 N–H and O–H groups in total. The normalized spacial score (nSPS) is 16.0. The van der Waals surface area contributed by atoms with Crippen LogP contribution >= 0.6 is 0 Å². The van der Waals surface area contributed by atoms with Gasteiger partial charge in [0.05, 0.1) is 6.10 Å². The molecule has 1 heterocycles. The van der Waals surface area contributed by atoms with Crippen molar-refractivity contribution in [1.29, 1.82) is 0 Å². The van der Waals surface area contributed by atoms with Crippen LogP contribution in [0, 0.1) is 5.92 Å². The number of carbonyl (C=O) groups is 1. The number of ether oxygens (including phenoxy) is 1. The van der Waals surface area contributed by atoms with Crippen molar-refractivity contribution in [3.63, 3.8) is 0 Å². The predicted octanol–water partition coefficient (Wildman–Crippen LogP) is 2.43. The van der Waals surface area contributed by atoms with Crippen LogP contribution in [-0.4, -0.2) is 37.0 Å². The van der Waals surface area contributed by atoms with Gasteiger partial charge in [0.2, 0.25) is 5.91 Å². The Kier molecular flexibility index (Phi) is 5.62. The van der Waals surface area contributed by atoms with Crippen molar-refractivity contribution in [1.82, 2.24) is 10.2 Å². The van der Waals surface area contributed by atoms with Crippen molar-refractivity contribution < 1.29 is 9.53 Å². The molecule has 1 saturated heterocycles. The van der Waals surface area contributed by atoms with Crippen LogP contribution in [0.2, 0.25) is 0 Å². The number of amides is 1. The summed E-state index contributed by atoms with van der Waals surface area (Å²) >= 11 is 0. The van der Waals surface area contributed by atoms with Gasteiger partial charge in [-0.05, 0) is 57.5 Å². The van der Waals surface area contributed by atoms with Gasteiger partial charge in [-0.3, -0.25) is 4.79 Å². The molecule has 0 unspecified atom stereocenters. The van der Waals surface area contributed by atoms with Crippen LogP contribution in [0.1, 0.15) is 32.3 Å². The molecule has 0 bridgehead atoms. The van der Waals surface area contributed by atoms with Gasteiger partial charge in [-0.25, -0.2) is 0 Å². The maximum Gasteiger partial charge on any atom is 0.225 e. The van der Waals surface area contributed by atoms with E-state index >= 15 is 0 Å². The van der Waals surface area contributed by atoms with E-state index in [1.165, 1.54) is 0 Å². The number of hydrogen-bond acceptors (Lipinski definition) is 3. The summed E-state index contributed by atoms with van der Waals surface area (Å²) in [6.07, 6.45) is 2.05. The highest BCUT2D eigenvalue weighted by molar-refractivity contribution is 5.78. The summed E-state index contributed by atoms with van der Waals surface area (Å²) in [4.78, 5) is 14.3. The lowest BCUT2D eigenvalue weighted by atomic mass is 9.96. The SMILES string of the molecule is CC(C)Oc1cccc(CN(C)C(=O)C2CCNCC2)c1. The van der Waals surface area contributed by atoms with E-state index in [0.717, 1.165) is 37.2 Å². The summed E-state index contributed by atoms with van der Waals surface area (Å²) < 4.78 is 5.70. The standard InChI is InChI=1S/C17H26N2O2/c1-13(2)21-16-6-4-5-14(11-16)12-19(3)17(20)15-7-9-18-10-8-15/h4-6,11,13,15,18H,7-10,12H2,1-3H3. The highest BCUT2D eigenvalue weighted by atomic mass is 16.5. The van der Waals surface area contributed by atoms with Gasteiger partial charge in [-0.1, -0.05) is 12.1 Å². The average molecular weight is 290 g/mol. The van der Waals surface area contributed by atoms with Gasteiger partial charge in [0.25, 0.3) is 0 Å². The van der Waals surface area contributed by atoms with Crippen molar-refractivity contribution in [3.8, 4) is 5.75 Å². The molecule has 0 radical (unpaired) electrons. The minimum Gasteiger partial charge on any atom is -0.491 e. The van der Waals surface area contributed by atoms with E-state index in [1.54, 1.807) is 0 Å². The van der Waals surface area contributed by atoms with E-state index in [1.807, 2.05) is 50.1 Å². The lowest BCUT2D eigenvalue weighted by Crippen LogP contribution is -2.38. The van der Waals surface area contributed by atoms with Gasteiger partial charge in [-0.2, -0.15) is 0 Å². The molecule has 2 rings (SSSR count). The number of carbonyl (C=O) groups excluding carboxylic acids is 1. The van der Waals surface area contributed by atoms with Crippen LogP contribution in [0.15, 0.2) is 24.3 Å². The lowest BCUT2D eigenvalue weighted by molar-refractivity contribution is -0.135. The second-order valence-electron chi connectivity index (χ2n) is 6.03. The molecular formula is C17H26N2O2. The summed E-state index contributed by atoms with van der Waals surface area (Å²) in [5.41, 5.74) is 1.11. The Labute approximate surface area is 127 Å². The van der Waals surface area contributed by atoms with E-state index in [-0.39, 0.29) is 17.9 Å². The van der Waals surface area contributed by atoms with Crippen molar-refractivity contribution >= 4 is 5.91 Å². The number of piperidine rings is 1. The molecule has 1 aliphatic heterocycles. The van der Waals surface area contributed by atoms with Gasteiger partial charge in [0, 0.05) is 19.5 Å². The minimum atomic E-state index is 0.161. The Morgan fingerprint density at radius 3 is 2.76 bits per heavy atom. The molecule has 1 aromatic rings. The zero-order chi connectivity index (χ0) is 15.2. The highest BCUT2D eigenvalue weighted by Crippen LogP contribution is 2.19. The van der Waals surface area contributed by atoms with E-state index in [4.69, 9.17) is 4.74 Å². The third-order valence-corrected chi connectivity index (χ3v) is 3.75. The third-order valence-electron chi connectivity index (χ3n) is 3.75. The molecule has 0 aliphatic carbocycles. The maximum atomic E-state index is 12.4. The van der Waals surface area contributed by atoms with Gasteiger partial charge in [0.15, 0.2) is 0 Å². The molecule has 1 amide bonds. The zero-order valence-electron chi connectivity index (χ0n) is 13.3. The average Bonchev–Trinajstić information content (AvgIpc) is 2.47. The quantitative estimate of drug-likeness (QED) is 0.905. The number of nitrogens with one attached hydrogen (secondary N) is 1. The fraction of sp³-hybridized carbons (Fsp3) is 0.588. The monoisotopic (exact) mass is 290 g/mol. The van der Waals surface area contributed by atoms with Crippen LogP contribution in [-0.2, 0) is 11.3 Å². The summed E-state index contributed by atoms with van der Waals surface area (Å²) in [6.45, 7) is 6.56. The summed E-state index contributed by atoms with van der Waals surface area (Å²) in [5.74, 6) is 1.29. The fourth-order valence-electron chi connectivity index (χ4n) is 2.72. The number of hydrogen-bond donors (Lipinski definition) is 1. The first kappa shape index (κ1) is 15.8. The van der Waals surface area contributed by atoms with Gasteiger partial charge in [-0.15, -0.1) is 0 Å². The fourth-order valence-corrected chi connectivity index (χ4v) is 2.72. The minimum absolute atomic E-state index is 0.161. The van der Waals surface area contributed by atoms with Crippen LogP contribution in [0.5, 0.6) is 5.75 Å². The largest absolute Gasteiger partial charge is 0.491 e. The molecular weight excluding hydrogens is 264 g/mol. The molecule has 0 aromatic heterocycles. The zero-order valence-corrected chi connectivity index (χ0v) is 13.3. The van der Waals surface area contributed by atoms with Crippen molar-refractivity contribution in [3.05, 3.63) is 29.8 Å². The van der Waals surface area contributed by atoms with Crippen molar-refractivity contribution in [2.45, 2.75) is 39.3 Å². The Morgan fingerprint density at radius 2 is 2.10 bits per heavy atom. The molecule has 0 spiro atoms. The molecule has 0 atom stereocenters. The van der Waals surface area contributed by atoms with E-state index < -0.39 is 0 Å².